The molecule has 1 atom stereocenters. The molecule has 0 fully saturated rings. The van der Waals surface area contributed by atoms with E-state index in [-0.39, 0.29) is 11.4 Å². The number of rotatable bonds is 4. The van der Waals surface area contributed by atoms with Crippen molar-refractivity contribution in [2.24, 2.45) is 0 Å². The van der Waals surface area contributed by atoms with E-state index < -0.39 is 15.9 Å². The van der Waals surface area contributed by atoms with Crippen molar-refractivity contribution in [2.45, 2.75) is 17.5 Å². The van der Waals surface area contributed by atoms with Crippen LogP contribution in [0.15, 0.2) is 47.6 Å². The van der Waals surface area contributed by atoms with Gasteiger partial charge in [0.05, 0.1) is 18.8 Å². The van der Waals surface area contributed by atoms with Crippen LogP contribution in [0.4, 0.5) is 0 Å². The highest BCUT2D eigenvalue weighted by Gasteiger charge is 2.13. The summed E-state index contributed by atoms with van der Waals surface area (Å²) in [5.41, 5.74) is 0.772. The average Bonchev–Trinajstić information content (AvgIpc) is 2.78. The van der Waals surface area contributed by atoms with Crippen molar-refractivity contribution in [3.05, 3.63) is 48.3 Å². The molecule has 0 bridgehead atoms. The molecule has 1 aromatic carbocycles. The van der Waals surface area contributed by atoms with Crippen LogP contribution in [0, 0.1) is 0 Å². The van der Waals surface area contributed by atoms with Gasteiger partial charge >= 0.3 is 0 Å². The fourth-order valence-electron chi connectivity index (χ4n) is 1.59. The number of hydrogen-bond acceptors (Lipinski definition) is 4. The molecule has 0 amide bonds. The Bertz CT molecular complexity index is 620. The molecule has 1 aromatic heterocycles. The fraction of sp³-hybridized carbons (Fsp3) is 0.250. The van der Waals surface area contributed by atoms with Gasteiger partial charge in [-0.2, -0.15) is 5.10 Å². The summed E-state index contributed by atoms with van der Waals surface area (Å²) in [7, 11) is -3.25. The van der Waals surface area contributed by atoms with E-state index in [9.17, 15) is 13.5 Å². The predicted octanol–water partition coefficient (Wildman–Crippen LogP) is 1.02. The van der Waals surface area contributed by atoms with Crippen LogP contribution in [0.25, 0.3) is 0 Å². The van der Waals surface area contributed by atoms with Crippen LogP contribution >= 0.6 is 0 Å². The molecule has 6 heteroatoms. The molecule has 18 heavy (non-hydrogen) atoms. The summed E-state index contributed by atoms with van der Waals surface area (Å²) in [5.74, 6) is 0. The molecule has 5 nitrogen and oxygen atoms in total. The van der Waals surface area contributed by atoms with Gasteiger partial charge in [0.1, 0.15) is 4.90 Å². The topological polar surface area (TPSA) is 72.2 Å². The summed E-state index contributed by atoms with van der Waals surface area (Å²) in [5, 5.41) is 13.9. The molecule has 0 aliphatic carbocycles. The molecular formula is C12H14N2O3S. The number of aromatic nitrogens is 2. The minimum Gasteiger partial charge on any atom is -0.386 e. The van der Waals surface area contributed by atoms with E-state index in [0.29, 0.717) is 0 Å². The third-order valence-electron chi connectivity index (χ3n) is 2.58. The zero-order chi connectivity index (χ0) is 13.2. The highest BCUT2D eigenvalue weighted by Crippen LogP contribution is 2.15. The minimum absolute atomic E-state index is 0.155. The zero-order valence-corrected chi connectivity index (χ0v) is 10.7. The molecule has 96 valence electrons. The summed E-state index contributed by atoms with van der Waals surface area (Å²) in [4.78, 5) is 0.155. The highest BCUT2D eigenvalue weighted by molar-refractivity contribution is 7.90. The van der Waals surface area contributed by atoms with Gasteiger partial charge in [-0.15, -0.1) is 0 Å². The molecule has 1 heterocycles. The summed E-state index contributed by atoms with van der Waals surface area (Å²) in [6.45, 7) is 0.222. The van der Waals surface area contributed by atoms with Crippen molar-refractivity contribution in [3.63, 3.8) is 0 Å². The first-order valence-electron chi connectivity index (χ1n) is 5.42. The number of sulfone groups is 1. The SMILES string of the molecule is CS(=O)(=O)c1cnn(CC(O)c2ccccc2)c1. The van der Waals surface area contributed by atoms with E-state index >= 15 is 0 Å². The quantitative estimate of drug-likeness (QED) is 0.896. The van der Waals surface area contributed by atoms with Crippen molar-refractivity contribution in [2.75, 3.05) is 6.26 Å². The second kappa shape index (κ2) is 4.91. The molecular weight excluding hydrogens is 252 g/mol. The van der Waals surface area contributed by atoms with E-state index in [1.807, 2.05) is 30.3 Å². The molecule has 0 radical (unpaired) electrons. The second-order valence-electron chi connectivity index (χ2n) is 4.10. The van der Waals surface area contributed by atoms with Crippen molar-refractivity contribution in [1.29, 1.82) is 0 Å². The van der Waals surface area contributed by atoms with Gasteiger partial charge < -0.3 is 5.11 Å². The Kier molecular flexibility index (Phi) is 3.49. The minimum atomic E-state index is -3.25. The van der Waals surface area contributed by atoms with Crippen LogP contribution in [0.3, 0.4) is 0 Å². The van der Waals surface area contributed by atoms with Gasteiger partial charge in [0, 0.05) is 12.5 Å². The molecule has 2 rings (SSSR count). The lowest BCUT2D eigenvalue weighted by atomic mass is 10.1. The van der Waals surface area contributed by atoms with Gasteiger partial charge in [-0.05, 0) is 5.56 Å². The maximum Gasteiger partial charge on any atom is 0.178 e. The fourth-order valence-corrected chi connectivity index (χ4v) is 2.15. The first-order chi connectivity index (χ1) is 8.47. The number of nitrogens with zero attached hydrogens (tertiary/aromatic N) is 2. The summed E-state index contributed by atoms with van der Waals surface area (Å²) >= 11 is 0. The Morgan fingerprint density at radius 3 is 2.56 bits per heavy atom. The van der Waals surface area contributed by atoms with Gasteiger partial charge in [-0.3, -0.25) is 4.68 Å². The Morgan fingerprint density at radius 1 is 1.33 bits per heavy atom. The van der Waals surface area contributed by atoms with Crippen molar-refractivity contribution >= 4 is 9.84 Å². The van der Waals surface area contributed by atoms with Crippen LogP contribution < -0.4 is 0 Å². The zero-order valence-electron chi connectivity index (χ0n) is 9.89. The van der Waals surface area contributed by atoms with Gasteiger partial charge in [0.2, 0.25) is 0 Å². The van der Waals surface area contributed by atoms with Crippen LogP contribution in [0.5, 0.6) is 0 Å². The molecule has 0 saturated carbocycles. The first kappa shape index (κ1) is 12.8. The van der Waals surface area contributed by atoms with Crippen molar-refractivity contribution < 1.29 is 13.5 Å². The Labute approximate surface area is 106 Å². The number of aliphatic hydroxyl groups excluding tert-OH is 1. The molecule has 0 spiro atoms. The smallest absolute Gasteiger partial charge is 0.178 e. The van der Waals surface area contributed by atoms with E-state index in [4.69, 9.17) is 0 Å². The van der Waals surface area contributed by atoms with Crippen LogP contribution in [-0.4, -0.2) is 29.6 Å². The van der Waals surface area contributed by atoms with E-state index in [2.05, 4.69) is 5.10 Å². The van der Waals surface area contributed by atoms with Crippen LogP contribution in [0.2, 0.25) is 0 Å². The highest BCUT2D eigenvalue weighted by atomic mass is 32.2. The lowest BCUT2D eigenvalue weighted by molar-refractivity contribution is 0.151. The van der Waals surface area contributed by atoms with Crippen molar-refractivity contribution in [3.8, 4) is 0 Å². The molecule has 0 saturated heterocycles. The number of aliphatic hydroxyl groups is 1. The Morgan fingerprint density at radius 2 is 2.00 bits per heavy atom. The van der Waals surface area contributed by atoms with Gasteiger partial charge in [-0.1, -0.05) is 30.3 Å². The maximum absolute atomic E-state index is 11.3. The largest absolute Gasteiger partial charge is 0.386 e. The van der Waals surface area contributed by atoms with Gasteiger partial charge in [-0.25, -0.2) is 8.42 Å². The molecule has 1 unspecified atom stereocenters. The maximum atomic E-state index is 11.3. The van der Waals surface area contributed by atoms with E-state index in [1.54, 1.807) is 0 Å². The van der Waals surface area contributed by atoms with Gasteiger partial charge in [0.25, 0.3) is 0 Å². The average molecular weight is 266 g/mol. The molecule has 2 aromatic rings. The standard InChI is InChI=1S/C12H14N2O3S/c1-18(16,17)11-7-13-14(8-11)9-12(15)10-5-3-2-4-6-10/h2-8,12,15H,9H2,1H3. The summed E-state index contributed by atoms with van der Waals surface area (Å²) in [6.07, 6.45) is 3.12. The molecule has 0 aliphatic rings. The lowest BCUT2D eigenvalue weighted by Crippen LogP contribution is -2.09. The molecule has 1 N–H and O–H groups in total. The third-order valence-corrected chi connectivity index (χ3v) is 3.65. The van der Waals surface area contributed by atoms with E-state index in [1.165, 1.54) is 17.1 Å². The predicted molar refractivity (Wildman–Crippen MR) is 66.7 cm³/mol. The summed E-state index contributed by atoms with van der Waals surface area (Å²) < 4.78 is 24.0. The lowest BCUT2D eigenvalue weighted by Gasteiger charge is -2.10. The second-order valence-corrected chi connectivity index (χ2v) is 6.11. The van der Waals surface area contributed by atoms with E-state index in [0.717, 1.165) is 11.8 Å². The Balaban J connectivity index is 2.13. The first-order valence-corrected chi connectivity index (χ1v) is 7.31. The number of benzene rings is 1. The third kappa shape index (κ3) is 2.96. The van der Waals surface area contributed by atoms with Gasteiger partial charge in [0.15, 0.2) is 9.84 Å². The Hall–Kier alpha value is -1.66. The summed E-state index contributed by atoms with van der Waals surface area (Å²) in [6, 6.07) is 9.16. The van der Waals surface area contributed by atoms with Crippen molar-refractivity contribution in [1.82, 2.24) is 9.78 Å². The monoisotopic (exact) mass is 266 g/mol. The van der Waals surface area contributed by atoms with Crippen LogP contribution in [0.1, 0.15) is 11.7 Å². The number of hydrogen-bond donors (Lipinski definition) is 1. The van der Waals surface area contributed by atoms with Crippen LogP contribution in [-0.2, 0) is 16.4 Å². The normalized spacial score (nSPS) is 13.4. The molecule has 0 aliphatic heterocycles.